The maximum absolute atomic E-state index is 5.89. The first kappa shape index (κ1) is 11.3. The van der Waals surface area contributed by atoms with Gasteiger partial charge in [-0.05, 0) is 37.3 Å². The molecule has 0 saturated heterocycles. The van der Waals surface area contributed by atoms with E-state index >= 15 is 0 Å². The lowest BCUT2D eigenvalue weighted by atomic mass is 10.1. The van der Waals surface area contributed by atoms with Crippen LogP contribution < -0.4 is 11.1 Å². The quantitative estimate of drug-likeness (QED) is 0.571. The molecule has 3 N–H and O–H groups in total. The van der Waals surface area contributed by atoms with Gasteiger partial charge in [-0.1, -0.05) is 12.1 Å². The van der Waals surface area contributed by atoms with E-state index in [0.717, 1.165) is 37.1 Å². The summed E-state index contributed by atoms with van der Waals surface area (Å²) in [7, 11) is 0. The fourth-order valence-corrected chi connectivity index (χ4v) is 1.71. The lowest BCUT2D eigenvalue weighted by Crippen LogP contribution is -2.12. The van der Waals surface area contributed by atoms with Crippen molar-refractivity contribution in [2.24, 2.45) is 5.92 Å². The number of nitrogens with two attached hydrogens (primary N) is 1. The summed E-state index contributed by atoms with van der Waals surface area (Å²) in [5.74, 6) is 0.837. The summed E-state index contributed by atoms with van der Waals surface area (Å²) < 4.78 is 5.56. The molecule has 3 nitrogen and oxygen atoms in total. The maximum atomic E-state index is 5.89. The molecule has 0 spiro atoms. The molecule has 0 aromatic heterocycles. The van der Waals surface area contributed by atoms with Crippen LogP contribution in [0.2, 0.25) is 0 Å². The molecule has 2 rings (SSSR count). The minimum Gasteiger partial charge on any atom is -0.397 e. The summed E-state index contributed by atoms with van der Waals surface area (Å²) >= 11 is 0. The van der Waals surface area contributed by atoms with E-state index in [0.29, 0.717) is 0 Å². The maximum Gasteiger partial charge on any atom is 0.0639 e. The van der Waals surface area contributed by atoms with Gasteiger partial charge in [-0.15, -0.1) is 0 Å². The highest BCUT2D eigenvalue weighted by Crippen LogP contribution is 2.28. The number of nitrogens with one attached hydrogen (secondary N) is 1. The molecule has 1 aromatic rings. The van der Waals surface area contributed by atoms with E-state index < -0.39 is 0 Å². The van der Waals surface area contributed by atoms with Crippen LogP contribution in [0.3, 0.4) is 0 Å². The van der Waals surface area contributed by atoms with Gasteiger partial charge in [-0.3, -0.25) is 0 Å². The van der Waals surface area contributed by atoms with Crippen LogP contribution in [0.15, 0.2) is 18.2 Å². The third kappa shape index (κ3) is 3.14. The number of ether oxygens (including phenoxy) is 1. The Morgan fingerprint density at radius 1 is 1.44 bits per heavy atom. The molecule has 1 aliphatic carbocycles. The van der Waals surface area contributed by atoms with E-state index in [-0.39, 0.29) is 0 Å². The molecule has 0 heterocycles. The second-order valence-electron chi connectivity index (χ2n) is 4.48. The number of nitrogen functional groups attached to an aromatic ring is 1. The second kappa shape index (κ2) is 5.21. The fraction of sp³-hybridized carbons (Fsp3) is 0.538. The molecule has 1 saturated carbocycles. The predicted molar refractivity (Wildman–Crippen MR) is 67.6 cm³/mol. The van der Waals surface area contributed by atoms with Crippen molar-refractivity contribution < 1.29 is 4.74 Å². The molecule has 0 unspecified atom stereocenters. The predicted octanol–water partition coefficient (Wildman–Crippen LogP) is 2.42. The monoisotopic (exact) mass is 220 g/mol. The van der Waals surface area contributed by atoms with Crippen molar-refractivity contribution in [3.05, 3.63) is 23.8 Å². The van der Waals surface area contributed by atoms with E-state index in [1.54, 1.807) is 0 Å². The lowest BCUT2D eigenvalue weighted by Gasteiger charge is -2.12. The standard InChI is InChI=1S/C13H20N2O/c1-10-3-2-4-12(14)13(10)15-7-8-16-9-11-5-6-11/h2-4,11,15H,5-9,14H2,1H3. The summed E-state index contributed by atoms with van der Waals surface area (Å²) in [4.78, 5) is 0. The van der Waals surface area contributed by atoms with Crippen molar-refractivity contribution in [1.29, 1.82) is 0 Å². The van der Waals surface area contributed by atoms with Crippen molar-refractivity contribution in [3.8, 4) is 0 Å². The number of aryl methyl sites for hydroxylation is 1. The summed E-state index contributed by atoms with van der Waals surface area (Å²) in [6.45, 7) is 4.56. The van der Waals surface area contributed by atoms with Crippen LogP contribution in [0.4, 0.5) is 11.4 Å². The van der Waals surface area contributed by atoms with Gasteiger partial charge in [0.2, 0.25) is 0 Å². The molecule has 3 heteroatoms. The Morgan fingerprint density at radius 2 is 2.25 bits per heavy atom. The average molecular weight is 220 g/mol. The Balaban J connectivity index is 1.71. The zero-order valence-corrected chi connectivity index (χ0v) is 9.83. The number of para-hydroxylation sites is 1. The molecule has 88 valence electrons. The van der Waals surface area contributed by atoms with Gasteiger partial charge in [-0.25, -0.2) is 0 Å². The summed E-state index contributed by atoms with van der Waals surface area (Å²) in [5, 5.41) is 3.33. The fourth-order valence-electron chi connectivity index (χ4n) is 1.71. The van der Waals surface area contributed by atoms with Crippen molar-refractivity contribution in [1.82, 2.24) is 0 Å². The van der Waals surface area contributed by atoms with E-state index in [9.17, 15) is 0 Å². The van der Waals surface area contributed by atoms with Crippen molar-refractivity contribution in [2.45, 2.75) is 19.8 Å². The lowest BCUT2D eigenvalue weighted by molar-refractivity contribution is 0.134. The molecule has 0 bridgehead atoms. The first-order chi connectivity index (χ1) is 7.77. The molecule has 1 fully saturated rings. The molecule has 0 atom stereocenters. The van der Waals surface area contributed by atoms with Crippen LogP contribution in [-0.4, -0.2) is 19.8 Å². The topological polar surface area (TPSA) is 47.3 Å². The molecule has 0 aliphatic heterocycles. The van der Waals surface area contributed by atoms with Gasteiger partial charge in [0.15, 0.2) is 0 Å². The van der Waals surface area contributed by atoms with Crippen LogP contribution >= 0.6 is 0 Å². The Morgan fingerprint density at radius 3 is 2.94 bits per heavy atom. The average Bonchev–Trinajstić information content (AvgIpc) is 3.05. The Hall–Kier alpha value is -1.22. The van der Waals surface area contributed by atoms with E-state index in [2.05, 4.69) is 18.3 Å². The zero-order valence-electron chi connectivity index (χ0n) is 9.83. The zero-order chi connectivity index (χ0) is 11.4. The molecule has 0 amide bonds. The van der Waals surface area contributed by atoms with Crippen molar-refractivity contribution in [2.75, 3.05) is 30.8 Å². The highest BCUT2D eigenvalue weighted by Gasteiger charge is 2.20. The third-order valence-electron chi connectivity index (χ3n) is 2.90. The molecular formula is C13H20N2O. The second-order valence-corrected chi connectivity index (χ2v) is 4.48. The summed E-state index contributed by atoms with van der Waals surface area (Å²) in [6, 6.07) is 5.95. The van der Waals surface area contributed by atoms with Crippen LogP contribution in [0, 0.1) is 12.8 Å². The number of anilines is 2. The van der Waals surface area contributed by atoms with E-state index in [1.807, 2.05) is 12.1 Å². The molecule has 16 heavy (non-hydrogen) atoms. The molecule has 1 aliphatic rings. The van der Waals surface area contributed by atoms with Crippen LogP contribution in [0.25, 0.3) is 0 Å². The number of hydrogen-bond donors (Lipinski definition) is 2. The Bertz CT molecular complexity index is 328. The van der Waals surface area contributed by atoms with Gasteiger partial charge in [0.05, 0.1) is 18.0 Å². The summed E-state index contributed by atoms with van der Waals surface area (Å²) in [6.07, 6.45) is 2.69. The van der Waals surface area contributed by atoms with E-state index in [4.69, 9.17) is 10.5 Å². The van der Waals surface area contributed by atoms with Gasteiger partial charge < -0.3 is 15.8 Å². The Kier molecular flexibility index (Phi) is 3.67. The van der Waals surface area contributed by atoms with Crippen LogP contribution in [-0.2, 0) is 4.74 Å². The van der Waals surface area contributed by atoms with E-state index in [1.165, 1.54) is 18.4 Å². The first-order valence-corrected chi connectivity index (χ1v) is 5.94. The van der Waals surface area contributed by atoms with Crippen LogP contribution in [0.1, 0.15) is 18.4 Å². The minimum absolute atomic E-state index is 0.754. The van der Waals surface area contributed by atoms with Crippen molar-refractivity contribution in [3.63, 3.8) is 0 Å². The minimum atomic E-state index is 0.754. The third-order valence-corrected chi connectivity index (χ3v) is 2.90. The smallest absolute Gasteiger partial charge is 0.0639 e. The first-order valence-electron chi connectivity index (χ1n) is 5.94. The van der Waals surface area contributed by atoms with Crippen LogP contribution in [0.5, 0.6) is 0 Å². The molecule has 1 aromatic carbocycles. The van der Waals surface area contributed by atoms with Gasteiger partial charge in [0.1, 0.15) is 0 Å². The van der Waals surface area contributed by atoms with Gasteiger partial charge in [-0.2, -0.15) is 0 Å². The van der Waals surface area contributed by atoms with Gasteiger partial charge >= 0.3 is 0 Å². The number of benzene rings is 1. The summed E-state index contributed by atoms with van der Waals surface area (Å²) in [5.41, 5.74) is 8.92. The largest absolute Gasteiger partial charge is 0.397 e. The number of hydrogen-bond acceptors (Lipinski definition) is 3. The Labute approximate surface area is 97.0 Å². The highest BCUT2D eigenvalue weighted by molar-refractivity contribution is 5.69. The molecule has 0 radical (unpaired) electrons. The highest BCUT2D eigenvalue weighted by atomic mass is 16.5. The normalized spacial score (nSPS) is 15.1. The van der Waals surface area contributed by atoms with Crippen molar-refractivity contribution >= 4 is 11.4 Å². The van der Waals surface area contributed by atoms with Gasteiger partial charge in [0, 0.05) is 13.2 Å². The van der Waals surface area contributed by atoms with Gasteiger partial charge in [0.25, 0.3) is 0 Å². The SMILES string of the molecule is Cc1cccc(N)c1NCCOCC1CC1. The molecular weight excluding hydrogens is 200 g/mol. The number of rotatable bonds is 6.